The van der Waals surface area contributed by atoms with Crippen LogP contribution in [0.5, 0.6) is 11.5 Å². The summed E-state index contributed by atoms with van der Waals surface area (Å²) >= 11 is 0. The van der Waals surface area contributed by atoms with E-state index in [1.807, 2.05) is 36.4 Å². The Morgan fingerprint density at radius 2 is 1.63 bits per heavy atom. The van der Waals surface area contributed by atoms with E-state index >= 15 is 4.39 Å². The maximum absolute atomic E-state index is 15.2. The largest absolute Gasteiger partial charge is 0.497 e. The van der Waals surface area contributed by atoms with Crippen LogP contribution in [0.3, 0.4) is 0 Å². The number of ether oxygens (including phenoxy) is 2. The molecule has 222 valence electrons. The van der Waals surface area contributed by atoms with Gasteiger partial charge in [0.1, 0.15) is 23.9 Å². The maximum Gasteiger partial charge on any atom is 0.323 e. The molecule has 0 bridgehead atoms. The van der Waals surface area contributed by atoms with E-state index in [9.17, 15) is 9.90 Å². The molecular weight excluding hydrogens is 543 g/mol. The van der Waals surface area contributed by atoms with Crippen LogP contribution in [-0.2, 0) is 17.9 Å². The highest BCUT2D eigenvalue weighted by Gasteiger charge is 2.23. The minimum absolute atomic E-state index is 0.0623. The first-order valence-corrected chi connectivity index (χ1v) is 14.5. The minimum Gasteiger partial charge on any atom is -0.497 e. The Hall–Kier alpha value is -4.62. The van der Waals surface area contributed by atoms with Gasteiger partial charge in [-0.1, -0.05) is 72.8 Å². The summed E-state index contributed by atoms with van der Waals surface area (Å²) in [5.41, 5.74) is 3.83. The fourth-order valence-electron chi connectivity index (χ4n) is 5.54. The van der Waals surface area contributed by atoms with Crippen molar-refractivity contribution in [3.63, 3.8) is 0 Å². The summed E-state index contributed by atoms with van der Waals surface area (Å²) in [6, 6.07) is 33.5. The molecule has 0 spiro atoms. The molecule has 5 rings (SSSR count). The first-order chi connectivity index (χ1) is 20.9. The summed E-state index contributed by atoms with van der Waals surface area (Å²) < 4.78 is 28.4. The predicted octanol–water partition coefficient (Wildman–Crippen LogP) is 7.37. The number of nitrogens with zero attached hydrogens (tertiary/aromatic N) is 2. The second-order valence-electron chi connectivity index (χ2n) is 10.8. The standard InChI is InChI=1S/C36H37FN2O4/c1-26(19-21-43-35-15-9-14-34-31(35)18-20-38(34)25-36(40)41)39(23-29-16-17-30(42-2)22-33(29)37)24-32(27-10-5-3-6-11-27)28-12-7-4-8-13-28/h3-18,20,22,26,32H,19,21,23-25H2,1-2H3,(H,40,41). The molecule has 43 heavy (non-hydrogen) atoms. The molecular formula is C36H37FN2O4. The van der Waals surface area contributed by atoms with Gasteiger partial charge in [0.2, 0.25) is 0 Å². The molecule has 0 aliphatic rings. The molecule has 7 heteroatoms. The number of fused-ring (bicyclic) bond motifs is 1. The van der Waals surface area contributed by atoms with Crippen LogP contribution in [0.2, 0.25) is 0 Å². The highest BCUT2D eigenvalue weighted by atomic mass is 19.1. The number of halogens is 1. The van der Waals surface area contributed by atoms with Crippen molar-refractivity contribution < 1.29 is 23.8 Å². The molecule has 1 N–H and O–H groups in total. The Bertz CT molecular complexity index is 1600. The molecule has 6 nitrogen and oxygen atoms in total. The van der Waals surface area contributed by atoms with Crippen molar-refractivity contribution in [1.82, 2.24) is 9.47 Å². The summed E-state index contributed by atoms with van der Waals surface area (Å²) in [7, 11) is 1.54. The number of hydrogen-bond donors (Lipinski definition) is 1. The van der Waals surface area contributed by atoms with E-state index in [0.29, 0.717) is 43.2 Å². The monoisotopic (exact) mass is 580 g/mol. The third-order valence-electron chi connectivity index (χ3n) is 7.95. The van der Waals surface area contributed by atoms with Gasteiger partial charge < -0.3 is 19.1 Å². The number of methoxy groups -OCH3 is 1. The van der Waals surface area contributed by atoms with Crippen LogP contribution in [0.1, 0.15) is 36.0 Å². The molecule has 4 aromatic carbocycles. The van der Waals surface area contributed by atoms with Crippen molar-refractivity contribution in [1.29, 1.82) is 0 Å². The number of benzene rings is 4. The number of aliphatic carboxylic acids is 1. The summed E-state index contributed by atoms with van der Waals surface area (Å²) in [6.45, 7) is 3.62. The SMILES string of the molecule is COc1ccc(CN(CC(c2ccccc2)c2ccccc2)C(C)CCOc2cccc3c2ccn3CC(=O)O)c(F)c1. The van der Waals surface area contributed by atoms with E-state index in [0.717, 1.165) is 10.9 Å². The lowest BCUT2D eigenvalue weighted by Crippen LogP contribution is -2.37. The Balaban J connectivity index is 1.37. The normalized spacial score (nSPS) is 12.1. The lowest BCUT2D eigenvalue weighted by Gasteiger charge is -2.33. The number of hydrogen-bond acceptors (Lipinski definition) is 4. The number of rotatable bonds is 14. The van der Waals surface area contributed by atoms with Gasteiger partial charge in [-0.3, -0.25) is 9.69 Å². The third kappa shape index (κ3) is 7.43. The van der Waals surface area contributed by atoms with E-state index < -0.39 is 5.97 Å². The fraction of sp³-hybridized carbons (Fsp3) is 0.250. The molecule has 1 atom stereocenters. The Kier molecular flexibility index (Phi) is 9.74. The summed E-state index contributed by atoms with van der Waals surface area (Å²) in [5, 5.41) is 10.1. The van der Waals surface area contributed by atoms with Crippen LogP contribution in [0.25, 0.3) is 10.9 Å². The quantitative estimate of drug-likeness (QED) is 0.149. The lowest BCUT2D eigenvalue weighted by molar-refractivity contribution is -0.137. The lowest BCUT2D eigenvalue weighted by atomic mass is 9.90. The minimum atomic E-state index is -0.893. The van der Waals surface area contributed by atoms with Crippen LogP contribution in [0.4, 0.5) is 4.39 Å². The molecule has 0 fully saturated rings. The number of aromatic nitrogens is 1. The molecule has 0 aliphatic carbocycles. The fourth-order valence-corrected chi connectivity index (χ4v) is 5.54. The molecule has 0 aliphatic heterocycles. The molecule has 1 heterocycles. The van der Waals surface area contributed by atoms with E-state index in [1.165, 1.54) is 24.3 Å². The van der Waals surface area contributed by atoms with E-state index in [-0.39, 0.29) is 24.3 Å². The van der Waals surface area contributed by atoms with Crippen LogP contribution in [-0.4, -0.2) is 46.8 Å². The Morgan fingerprint density at radius 1 is 0.930 bits per heavy atom. The zero-order chi connectivity index (χ0) is 30.2. The van der Waals surface area contributed by atoms with E-state index in [4.69, 9.17) is 9.47 Å². The van der Waals surface area contributed by atoms with Gasteiger partial charge in [0.25, 0.3) is 0 Å². The van der Waals surface area contributed by atoms with Crippen LogP contribution < -0.4 is 9.47 Å². The first-order valence-electron chi connectivity index (χ1n) is 14.5. The Labute approximate surface area is 251 Å². The molecule has 1 unspecified atom stereocenters. The van der Waals surface area contributed by atoms with Crippen molar-refractivity contribution in [3.8, 4) is 11.5 Å². The number of carbonyl (C=O) groups is 1. The van der Waals surface area contributed by atoms with Gasteiger partial charge in [0.15, 0.2) is 0 Å². The highest BCUT2D eigenvalue weighted by Crippen LogP contribution is 2.30. The van der Waals surface area contributed by atoms with Crippen molar-refractivity contribution in [2.45, 2.75) is 38.4 Å². The molecule has 0 saturated carbocycles. The number of carboxylic acid groups (broad SMARTS) is 1. The second-order valence-corrected chi connectivity index (χ2v) is 10.8. The topological polar surface area (TPSA) is 63.9 Å². The van der Waals surface area contributed by atoms with Crippen molar-refractivity contribution >= 4 is 16.9 Å². The molecule has 0 saturated heterocycles. The summed E-state index contributed by atoms with van der Waals surface area (Å²) in [4.78, 5) is 13.6. The molecule has 1 aromatic heterocycles. The van der Waals surface area contributed by atoms with Crippen molar-refractivity contribution in [2.75, 3.05) is 20.3 Å². The smallest absolute Gasteiger partial charge is 0.323 e. The molecule has 0 radical (unpaired) electrons. The van der Waals surface area contributed by atoms with Gasteiger partial charge in [-0.05, 0) is 48.7 Å². The highest BCUT2D eigenvalue weighted by molar-refractivity contribution is 5.87. The van der Waals surface area contributed by atoms with E-state index in [2.05, 4.69) is 60.4 Å². The van der Waals surface area contributed by atoms with Crippen molar-refractivity contribution in [2.24, 2.45) is 0 Å². The molecule has 0 amide bonds. The average molecular weight is 581 g/mol. The van der Waals surface area contributed by atoms with Gasteiger partial charge in [0, 0.05) is 48.3 Å². The molecule has 5 aromatic rings. The first kappa shape index (κ1) is 29.9. The van der Waals surface area contributed by atoms with Gasteiger partial charge in [-0.2, -0.15) is 0 Å². The van der Waals surface area contributed by atoms with Gasteiger partial charge in [-0.15, -0.1) is 0 Å². The Morgan fingerprint density at radius 3 is 2.26 bits per heavy atom. The van der Waals surface area contributed by atoms with Crippen LogP contribution >= 0.6 is 0 Å². The second kappa shape index (κ2) is 14.0. The van der Waals surface area contributed by atoms with Crippen molar-refractivity contribution in [3.05, 3.63) is 132 Å². The number of carboxylic acids is 1. The van der Waals surface area contributed by atoms with Crippen LogP contribution in [0.15, 0.2) is 109 Å². The third-order valence-corrected chi connectivity index (χ3v) is 7.95. The van der Waals surface area contributed by atoms with Crippen LogP contribution in [0, 0.1) is 5.82 Å². The maximum atomic E-state index is 15.2. The van der Waals surface area contributed by atoms with Gasteiger partial charge >= 0.3 is 5.97 Å². The average Bonchev–Trinajstić information content (AvgIpc) is 3.43. The predicted molar refractivity (Wildman–Crippen MR) is 167 cm³/mol. The zero-order valence-electron chi connectivity index (χ0n) is 24.5. The van der Waals surface area contributed by atoms with E-state index in [1.54, 1.807) is 22.9 Å². The van der Waals surface area contributed by atoms with Gasteiger partial charge in [0.05, 0.1) is 19.2 Å². The summed E-state index contributed by atoms with van der Waals surface area (Å²) in [6.07, 6.45) is 2.48. The van der Waals surface area contributed by atoms with Gasteiger partial charge in [-0.25, -0.2) is 4.39 Å². The zero-order valence-corrected chi connectivity index (χ0v) is 24.5. The summed E-state index contributed by atoms with van der Waals surface area (Å²) in [5.74, 6) is 0.117.